The first-order chi connectivity index (χ1) is 9.15. The Hall–Kier alpha value is -2.36. The van der Waals surface area contributed by atoms with Gasteiger partial charge in [-0.2, -0.15) is 0 Å². The first kappa shape index (κ1) is 13.1. The molecular weight excluding hydrogens is 238 g/mol. The van der Waals surface area contributed by atoms with Crippen LogP contribution in [-0.4, -0.2) is 17.4 Å². The second-order valence-corrected chi connectivity index (χ2v) is 4.43. The van der Waals surface area contributed by atoms with Crippen LogP contribution in [0.2, 0.25) is 0 Å². The van der Waals surface area contributed by atoms with Gasteiger partial charge >= 0.3 is 0 Å². The predicted octanol–water partition coefficient (Wildman–Crippen LogP) is 1.94. The van der Waals surface area contributed by atoms with Crippen LogP contribution in [-0.2, 0) is 6.42 Å². The molecule has 0 unspecified atom stereocenters. The van der Waals surface area contributed by atoms with Crippen molar-refractivity contribution in [3.8, 4) is 0 Å². The number of nitrogens with zero attached hydrogens (tertiary/aromatic N) is 1. The van der Waals surface area contributed by atoms with Gasteiger partial charge < -0.3 is 11.1 Å². The van der Waals surface area contributed by atoms with Gasteiger partial charge in [-0.15, -0.1) is 0 Å². The number of anilines is 1. The average molecular weight is 255 g/mol. The smallest absolute Gasteiger partial charge is 0.251 e. The highest BCUT2D eigenvalue weighted by atomic mass is 16.1. The molecule has 0 aliphatic carbocycles. The van der Waals surface area contributed by atoms with E-state index >= 15 is 0 Å². The Morgan fingerprint density at radius 2 is 2.00 bits per heavy atom. The Labute approximate surface area is 112 Å². The highest BCUT2D eigenvalue weighted by Gasteiger charge is 2.04. The Balaban J connectivity index is 1.86. The number of hydrogen-bond donors (Lipinski definition) is 2. The van der Waals surface area contributed by atoms with E-state index in [1.54, 1.807) is 18.3 Å². The third kappa shape index (κ3) is 3.81. The van der Waals surface area contributed by atoms with Crippen LogP contribution in [0.3, 0.4) is 0 Å². The number of pyridine rings is 1. The molecule has 0 fully saturated rings. The second-order valence-electron chi connectivity index (χ2n) is 4.43. The van der Waals surface area contributed by atoms with E-state index in [1.165, 1.54) is 0 Å². The van der Waals surface area contributed by atoms with Crippen LogP contribution in [0.5, 0.6) is 0 Å². The zero-order valence-corrected chi connectivity index (χ0v) is 10.9. The van der Waals surface area contributed by atoms with Gasteiger partial charge in [0.1, 0.15) is 0 Å². The summed E-state index contributed by atoms with van der Waals surface area (Å²) in [5.74, 6) is -0.0686. The zero-order valence-electron chi connectivity index (χ0n) is 10.9. The first-order valence-corrected chi connectivity index (χ1v) is 6.20. The molecule has 1 aromatic heterocycles. The third-order valence-corrected chi connectivity index (χ3v) is 2.84. The fourth-order valence-electron chi connectivity index (χ4n) is 1.79. The molecule has 0 spiro atoms. The maximum absolute atomic E-state index is 11.9. The third-order valence-electron chi connectivity index (χ3n) is 2.84. The van der Waals surface area contributed by atoms with E-state index < -0.39 is 0 Å². The largest absolute Gasteiger partial charge is 0.399 e. The van der Waals surface area contributed by atoms with E-state index in [-0.39, 0.29) is 5.91 Å². The topological polar surface area (TPSA) is 68.0 Å². The number of aromatic nitrogens is 1. The molecule has 0 aliphatic heterocycles. The standard InChI is InChI=1S/C15H17N3O/c1-11-10-13(7-9-17-11)15(19)18-8-6-12-2-4-14(16)5-3-12/h2-5,7,9-10H,6,8,16H2,1H3,(H,18,19). The number of carbonyl (C=O) groups excluding carboxylic acids is 1. The summed E-state index contributed by atoms with van der Waals surface area (Å²) in [6.07, 6.45) is 2.43. The number of hydrogen-bond acceptors (Lipinski definition) is 3. The number of aryl methyl sites for hydroxylation is 1. The van der Waals surface area contributed by atoms with Crippen molar-refractivity contribution in [2.75, 3.05) is 12.3 Å². The summed E-state index contributed by atoms with van der Waals surface area (Å²) in [5.41, 5.74) is 9.00. The molecule has 0 atom stereocenters. The van der Waals surface area contributed by atoms with E-state index in [2.05, 4.69) is 10.3 Å². The van der Waals surface area contributed by atoms with Crippen LogP contribution in [0.15, 0.2) is 42.6 Å². The van der Waals surface area contributed by atoms with Gasteiger partial charge in [-0.3, -0.25) is 9.78 Å². The fourth-order valence-corrected chi connectivity index (χ4v) is 1.79. The molecule has 1 aromatic carbocycles. The van der Waals surface area contributed by atoms with E-state index in [1.807, 2.05) is 31.2 Å². The second kappa shape index (κ2) is 6.00. The lowest BCUT2D eigenvalue weighted by Crippen LogP contribution is -2.25. The number of nitrogens with one attached hydrogen (secondary N) is 1. The summed E-state index contributed by atoms with van der Waals surface area (Å²) in [6, 6.07) is 11.2. The Morgan fingerprint density at radius 1 is 1.26 bits per heavy atom. The molecule has 0 bridgehead atoms. The van der Waals surface area contributed by atoms with E-state index in [9.17, 15) is 4.79 Å². The number of benzene rings is 1. The van der Waals surface area contributed by atoms with Gasteiger partial charge in [0.25, 0.3) is 5.91 Å². The van der Waals surface area contributed by atoms with Gasteiger partial charge in [0.2, 0.25) is 0 Å². The summed E-state index contributed by atoms with van der Waals surface area (Å²) in [5, 5.41) is 2.89. The van der Waals surface area contributed by atoms with Gasteiger partial charge in [0.15, 0.2) is 0 Å². The zero-order chi connectivity index (χ0) is 13.7. The minimum Gasteiger partial charge on any atom is -0.399 e. The van der Waals surface area contributed by atoms with Gasteiger partial charge in [-0.1, -0.05) is 12.1 Å². The van der Waals surface area contributed by atoms with E-state index in [0.29, 0.717) is 12.1 Å². The number of rotatable bonds is 4. The van der Waals surface area contributed by atoms with Crippen molar-refractivity contribution in [2.24, 2.45) is 0 Å². The first-order valence-electron chi connectivity index (χ1n) is 6.20. The maximum Gasteiger partial charge on any atom is 0.251 e. The highest BCUT2D eigenvalue weighted by Crippen LogP contribution is 2.06. The fraction of sp³-hybridized carbons (Fsp3) is 0.200. The Morgan fingerprint density at radius 3 is 2.68 bits per heavy atom. The van der Waals surface area contributed by atoms with Crippen molar-refractivity contribution in [2.45, 2.75) is 13.3 Å². The summed E-state index contributed by atoms with van der Waals surface area (Å²) in [6.45, 7) is 2.47. The minimum absolute atomic E-state index is 0.0686. The van der Waals surface area contributed by atoms with Crippen molar-refractivity contribution in [3.63, 3.8) is 0 Å². The maximum atomic E-state index is 11.9. The average Bonchev–Trinajstić information content (AvgIpc) is 2.41. The molecule has 0 radical (unpaired) electrons. The SMILES string of the molecule is Cc1cc(C(=O)NCCc2ccc(N)cc2)ccn1. The molecule has 2 aromatic rings. The molecular formula is C15H17N3O. The van der Waals surface area contributed by atoms with Gasteiger partial charge in [0.05, 0.1) is 0 Å². The summed E-state index contributed by atoms with van der Waals surface area (Å²) in [7, 11) is 0. The van der Waals surface area contributed by atoms with Crippen molar-refractivity contribution in [3.05, 3.63) is 59.4 Å². The summed E-state index contributed by atoms with van der Waals surface area (Å²) < 4.78 is 0. The van der Waals surface area contributed by atoms with Crippen LogP contribution in [0.1, 0.15) is 21.6 Å². The van der Waals surface area contributed by atoms with Crippen LogP contribution in [0.4, 0.5) is 5.69 Å². The molecule has 4 nitrogen and oxygen atoms in total. The Kier molecular flexibility index (Phi) is 4.13. The molecule has 1 amide bonds. The number of amides is 1. The minimum atomic E-state index is -0.0686. The highest BCUT2D eigenvalue weighted by molar-refractivity contribution is 5.94. The van der Waals surface area contributed by atoms with Crippen molar-refractivity contribution < 1.29 is 4.79 Å². The molecule has 98 valence electrons. The van der Waals surface area contributed by atoms with Gasteiger partial charge in [-0.25, -0.2) is 0 Å². The van der Waals surface area contributed by atoms with Crippen molar-refractivity contribution in [1.29, 1.82) is 0 Å². The molecule has 2 rings (SSSR count). The molecule has 1 heterocycles. The Bertz CT molecular complexity index is 564. The van der Waals surface area contributed by atoms with Crippen LogP contribution >= 0.6 is 0 Å². The van der Waals surface area contributed by atoms with E-state index in [0.717, 1.165) is 23.4 Å². The number of nitrogen functional groups attached to an aromatic ring is 1. The van der Waals surface area contributed by atoms with Crippen molar-refractivity contribution >= 4 is 11.6 Å². The van der Waals surface area contributed by atoms with Crippen LogP contribution in [0, 0.1) is 6.92 Å². The summed E-state index contributed by atoms with van der Waals surface area (Å²) in [4.78, 5) is 15.9. The van der Waals surface area contributed by atoms with E-state index in [4.69, 9.17) is 5.73 Å². The molecule has 0 aliphatic rings. The molecule has 0 saturated heterocycles. The van der Waals surface area contributed by atoms with Crippen LogP contribution < -0.4 is 11.1 Å². The molecule has 19 heavy (non-hydrogen) atoms. The lowest BCUT2D eigenvalue weighted by molar-refractivity contribution is 0.0954. The number of nitrogens with two attached hydrogens (primary N) is 1. The van der Waals surface area contributed by atoms with Crippen molar-refractivity contribution in [1.82, 2.24) is 10.3 Å². The lowest BCUT2D eigenvalue weighted by Gasteiger charge is -2.06. The van der Waals surface area contributed by atoms with Gasteiger partial charge in [0, 0.05) is 29.7 Å². The predicted molar refractivity (Wildman–Crippen MR) is 75.9 cm³/mol. The normalized spacial score (nSPS) is 10.2. The molecule has 3 N–H and O–H groups in total. The monoisotopic (exact) mass is 255 g/mol. The summed E-state index contributed by atoms with van der Waals surface area (Å²) >= 11 is 0. The quantitative estimate of drug-likeness (QED) is 0.820. The van der Waals surface area contributed by atoms with Gasteiger partial charge in [-0.05, 0) is 43.2 Å². The van der Waals surface area contributed by atoms with Crippen LogP contribution in [0.25, 0.3) is 0 Å². The molecule has 4 heteroatoms. The lowest BCUT2D eigenvalue weighted by atomic mass is 10.1. The number of carbonyl (C=O) groups is 1. The molecule has 0 saturated carbocycles.